The van der Waals surface area contributed by atoms with Crippen LogP contribution in [-0.2, 0) is 11.2 Å². The average molecular weight is 361 g/mol. The number of halogens is 1. The molecule has 1 heterocycles. The van der Waals surface area contributed by atoms with E-state index in [0.29, 0.717) is 18.3 Å². The number of nitrogens with one attached hydrogen (secondary N) is 2. The van der Waals surface area contributed by atoms with Crippen LogP contribution in [0.4, 0.5) is 0 Å². The number of carbonyl (C=O) groups is 1. The fourth-order valence-electron chi connectivity index (χ4n) is 4.24. The van der Waals surface area contributed by atoms with Gasteiger partial charge in [0, 0.05) is 0 Å². The van der Waals surface area contributed by atoms with Crippen LogP contribution in [0, 0.1) is 11.8 Å². The lowest BCUT2D eigenvalue weighted by Crippen LogP contribution is -2.49. The van der Waals surface area contributed by atoms with Crippen molar-refractivity contribution in [3.8, 4) is 0 Å². The molecule has 0 unspecified atom stereocenters. The van der Waals surface area contributed by atoms with Crippen LogP contribution in [0.2, 0.25) is 0 Å². The molecule has 134 valence electrons. The third kappa shape index (κ3) is 3.97. The van der Waals surface area contributed by atoms with Gasteiger partial charge < -0.3 is 15.7 Å². The van der Waals surface area contributed by atoms with Crippen LogP contribution in [-0.4, -0.2) is 36.2 Å². The van der Waals surface area contributed by atoms with E-state index < -0.39 is 6.10 Å². The SMILES string of the molecule is Cl.O=C(Cc1ccc2ccccc2c1)N[C@H]1C[C@H]2CNC[C@H]2C[C@@H]1O. The van der Waals surface area contributed by atoms with Gasteiger partial charge in [-0.2, -0.15) is 0 Å². The highest BCUT2D eigenvalue weighted by atomic mass is 35.5. The normalized spacial score (nSPS) is 28.2. The highest BCUT2D eigenvalue weighted by Crippen LogP contribution is 2.32. The summed E-state index contributed by atoms with van der Waals surface area (Å²) < 4.78 is 0. The summed E-state index contributed by atoms with van der Waals surface area (Å²) >= 11 is 0. The summed E-state index contributed by atoms with van der Waals surface area (Å²) in [5, 5.41) is 19.1. The molecule has 2 aliphatic rings. The average Bonchev–Trinajstić information content (AvgIpc) is 3.02. The minimum atomic E-state index is -0.424. The molecular formula is C20H25ClN2O2. The molecule has 1 saturated carbocycles. The molecule has 1 amide bonds. The van der Waals surface area contributed by atoms with Gasteiger partial charge in [0.15, 0.2) is 0 Å². The lowest BCUT2D eigenvalue weighted by Gasteiger charge is -2.35. The van der Waals surface area contributed by atoms with E-state index in [1.807, 2.05) is 18.2 Å². The van der Waals surface area contributed by atoms with E-state index in [1.165, 1.54) is 5.39 Å². The summed E-state index contributed by atoms with van der Waals surface area (Å²) in [7, 11) is 0. The second-order valence-corrected chi connectivity index (χ2v) is 7.25. The number of rotatable bonds is 3. The van der Waals surface area contributed by atoms with Crippen molar-refractivity contribution in [3.63, 3.8) is 0 Å². The molecule has 3 N–H and O–H groups in total. The Balaban J connectivity index is 0.00000182. The van der Waals surface area contributed by atoms with Gasteiger partial charge in [0.25, 0.3) is 0 Å². The van der Waals surface area contributed by atoms with Gasteiger partial charge in [-0.25, -0.2) is 0 Å². The number of aliphatic hydroxyl groups is 1. The summed E-state index contributed by atoms with van der Waals surface area (Å²) in [6.45, 7) is 2.01. The van der Waals surface area contributed by atoms with Gasteiger partial charge in [0.1, 0.15) is 0 Å². The largest absolute Gasteiger partial charge is 0.391 e. The van der Waals surface area contributed by atoms with Crippen molar-refractivity contribution >= 4 is 29.1 Å². The molecule has 5 heteroatoms. The number of aliphatic hydroxyl groups excluding tert-OH is 1. The summed E-state index contributed by atoms with van der Waals surface area (Å²) in [5.74, 6) is 1.15. The number of hydrogen-bond acceptors (Lipinski definition) is 3. The van der Waals surface area contributed by atoms with Gasteiger partial charge in [-0.1, -0.05) is 42.5 Å². The minimum absolute atomic E-state index is 0. The van der Waals surface area contributed by atoms with E-state index in [4.69, 9.17) is 0 Å². The van der Waals surface area contributed by atoms with Gasteiger partial charge >= 0.3 is 0 Å². The van der Waals surface area contributed by atoms with Crippen LogP contribution >= 0.6 is 12.4 Å². The maximum absolute atomic E-state index is 12.4. The lowest BCUT2D eigenvalue weighted by atomic mass is 9.77. The zero-order chi connectivity index (χ0) is 16.5. The first-order valence-corrected chi connectivity index (χ1v) is 8.85. The predicted molar refractivity (Wildman–Crippen MR) is 102 cm³/mol. The first kappa shape index (κ1) is 18.2. The number of benzene rings is 2. The van der Waals surface area contributed by atoms with Crippen LogP contribution in [0.15, 0.2) is 42.5 Å². The molecule has 2 aromatic carbocycles. The van der Waals surface area contributed by atoms with Crippen LogP contribution in [0.5, 0.6) is 0 Å². The zero-order valence-electron chi connectivity index (χ0n) is 14.2. The van der Waals surface area contributed by atoms with Crippen molar-refractivity contribution < 1.29 is 9.90 Å². The molecule has 2 aromatic rings. The van der Waals surface area contributed by atoms with E-state index in [2.05, 4.69) is 34.9 Å². The Morgan fingerprint density at radius 2 is 1.80 bits per heavy atom. The molecule has 4 atom stereocenters. The lowest BCUT2D eigenvalue weighted by molar-refractivity contribution is -0.122. The Hall–Kier alpha value is -1.62. The highest BCUT2D eigenvalue weighted by Gasteiger charge is 2.39. The molecule has 4 rings (SSSR count). The second-order valence-electron chi connectivity index (χ2n) is 7.25. The van der Waals surface area contributed by atoms with Crippen LogP contribution < -0.4 is 10.6 Å². The number of carbonyl (C=O) groups excluding carboxylic acids is 1. The zero-order valence-corrected chi connectivity index (χ0v) is 15.0. The second kappa shape index (κ2) is 7.73. The quantitative estimate of drug-likeness (QED) is 0.787. The van der Waals surface area contributed by atoms with E-state index >= 15 is 0 Å². The molecular weight excluding hydrogens is 336 g/mol. The summed E-state index contributed by atoms with van der Waals surface area (Å²) in [6.07, 6.45) is 1.60. The molecule has 1 saturated heterocycles. The highest BCUT2D eigenvalue weighted by molar-refractivity contribution is 5.86. The molecule has 25 heavy (non-hydrogen) atoms. The van der Waals surface area contributed by atoms with Crippen LogP contribution in [0.3, 0.4) is 0 Å². The number of amides is 1. The third-order valence-corrected chi connectivity index (χ3v) is 5.57. The van der Waals surface area contributed by atoms with Gasteiger partial charge in [0.2, 0.25) is 5.91 Å². The maximum Gasteiger partial charge on any atom is 0.224 e. The molecule has 0 spiro atoms. The van der Waals surface area contributed by atoms with Crippen LogP contribution in [0.1, 0.15) is 18.4 Å². The molecule has 1 aliphatic heterocycles. The van der Waals surface area contributed by atoms with Crippen molar-refractivity contribution in [1.82, 2.24) is 10.6 Å². The van der Waals surface area contributed by atoms with Crippen molar-refractivity contribution in [2.75, 3.05) is 13.1 Å². The molecule has 4 nitrogen and oxygen atoms in total. The van der Waals surface area contributed by atoms with E-state index in [1.54, 1.807) is 0 Å². The third-order valence-electron chi connectivity index (χ3n) is 5.57. The molecule has 0 radical (unpaired) electrons. The summed E-state index contributed by atoms with van der Waals surface area (Å²) in [5.41, 5.74) is 1.01. The first-order chi connectivity index (χ1) is 11.7. The van der Waals surface area contributed by atoms with Crippen LogP contribution in [0.25, 0.3) is 10.8 Å². The Labute approximate surface area is 154 Å². The minimum Gasteiger partial charge on any atom is -0.391 e. The fraction of sp³-hybridized carbons (Fsp3) is 0.450. The summed E-state index contributed by atoms with van der Waals surface area (Å²) in [4.78, 5) is 12.4. The molecule has 0 aromatic heterocycles. The van der Waals surface area contributed by atoms with Gasteiger partial charge in [-0.05, 0) is 54.1 Å². The topological polar surface area (TPSA) is 61.4 Å². The predicted octanol–water partition coefficient (Wildman–Crippen LogP) is 2.28. The Morgan fingerprint density at radius 1 is 1.08 bits per heavy atom. The summed E-state index contributed by atoms with van der Waals surface area (Å²) in [6, 6.07) is 14.2. The number of fused-ring (bicyclic) bond motifs is 2. The molecule has 0 bridgehead atoms. The van der Waals surface area contributed by atoms with E-state index in [-0.39, 0.29) is 24.4 Å². The standard InChI is InChI=1S/C20H24N2O2.ClH/c23-19-10-17-12-21-11-16(17)9-18(19)22-20(24)8-13-5-6-14-3-1-2-4-15(14)7-13;/h1-7,16-19,21,23H,8-12H2,(H,22,24);1H/t16-,17+,18-,19-;/m0./s1. The molecule has 1 aliphatic carbocycles. The van der Waals surface area contributed by atoms with E-state index in [9.17, 15) is 9.90 Å². The smallest absolute Gasteiger partial charge is 0.224 e. The fourth-order valence-corrected chi connectivity index (χ4v) is 4.24. The van der Waals surface area contributed by atoms with Gasteiger partial charge in [0.05, 0.1) is 18.6 Å². The maximum atomic E-state index is 12.4. The van der Waals surface area contributed by atoms with Gasteiger partial charge in [-0.15, -0.1) is 12.4 Å². The Bertz CT molecular complexity index is 751. The van der Waals surface area contributed by atoms with Gasteiger partial charge in [-0.3, -0.25) is 4.79 Å². The Morgan fingerprint density at radius 3 is 2.60 bits per heavy atom. The molecule has 2 fully saturated rings. The number of hydrogen-bond donors (Lipinski definition) is 3. The first-order valence-electron chi connectivity index (χ1n) is 8.85. The van der Waals surface area contributed by atoms with Crippen molar-refractivity contribution in [2.45, 2.75) is 31.4 Å². The van der Waals surface area contributed by atoms with Crippen molar-refractivity contribution in [2.24, 2.45) is 11.8 Å². The monoisotopic (exact) mass is 360 g/mol. The van der Waals surface area contributed by atoms with E-state index in [0.717, 1.165) is 36.9 Å². The van der Waals surface area contributed by atoms with Crippen molar-refractivity contribution in [3.05, 3.63) is 48.0 Å². The Kier molecular flexibility index (Phi) is 5.62. The van der Waals surface area contributed by atoms with Crippen molar-refractivity contribution in [1.29, 1.82) is 0 Å².